The van der Waals surface area contributed by atoms with Crippen LogP contribution < -0.4 is 5.32 Å². The van der Waals surface area contributed by atoms with Gasteiger partial charge in [0.2, 0.25) is 0 Å². The zero-order valence-electron chi connectivity index (χ0n) is 23.6. The molecule has 0 radical (unpaired) electrons. The average molecular weight is 650 g/mol. The van der Waals surface area contributed by atoms with Crippen molar-refractivity contribution in [1.82, 2.24) is 4.57 Å². The number of hydrogen-bond acceptors (Lipinski definition) is 3. The van der Waals surface area contributed by atoms with E-state index in [-0.39, 0.29) is 11.3 Å². The standard InChI is InChI=1S/C33H36IN3OS/c1-20-12-14-26(18-28(20)34)37-21(2)16-23(22(37)3)19-35-32-30(31(38)36-25-10-8-7-9-11-25)27-15-13-24(33(4,5)6)17-29(27)39-32/h7-12,14,16,18-19,24H,13,15,17H2,1-6H3,(H,36,38)/t24-/m1/s1. The molecule has 6 heteroatoms. The van der Waals surface area contributed by atoms with E-state index in [2.05, 4.69) is 98.3 Å². The highest BCUT2D eigenvalue weighted by Crippen LogP contribution is 2.45. The van der Waals surface area contributed by atoms with E-state index < -0.39 is 0 Å². The fraction of sp³-hybridized carbons (Fsp3) is 0.333. The Balaban J connectivity index is 1.52. The normalized spacial score (nSPS) is 15.5. The van der Waals surface area contributed by atoms with Gasteiger partial charge in [0.25, 0.3) is 5.91 Å². The van der Waals surface area contributed by atoms with Crippen molar-refractivity contribution in [2.75, 3.05) is 5.32 Å². The first-order valence-corrected chi connectivity index (χ1v) is 15.4. The van der Waals surface area contributed by atoms with Crippen LogP contribution in [0, 0.1) is 35.7 Å². The Bertz CT molecular complexity index is 1560. The number of fused-ring (bicyclic) bond motifs is 1. The van der Waals surface area contributed by atoms with Gasteiger partial charge in [-0.1, -0.05) is 45.0 Å². The summed E-state index contributed by atoms with van der Waals surface area (Å²) in [4.78, 5) is 19.9. The van der Waals surface area contributed by atoms with Crippen LogP contribution in [0.5, 0.6) is 0 Å². The van der Waals surface area contributed by atoms with E-state index in [1.165, 1.54) is 19.6 Å². The Hall–Kier alpha value is -2.71. The molecule has 0 spiro atoms. The number of hydrogen-bond donors (Lipinski definition) is 1. The van der Waals surface area contributed by atoms with Gasteiger partial charge < -0.3 is 9.88 Å². The molecular formula is C33H36IN3OS. The first-order valence-electron chi connectivity index (χ1n) is 13.5. The number of carbonyl (C=O) groups is 1. The quantitative estimate of drug-likeness (QED) is 0.170. The fourth-order valence-electron chi connectivity index (χ4n) is 5.52. The third kappa shape index (κ3) is 5.78. The van der Waals surface area contributed by atoms with E-state index in [1.54, 1.807) is 11.3 Å². The number of aryl methyl sites for hydroxylation is 2. The summed E-state index contributed by atoms with van der Waals surface area (Å²) in [5.74, 6) is 0.529. The summed E-state index contributed by atoms with van der Waals surface area (Å²) in [6, 6.07) is 18.4. The van der Waals surface area contributed by atoms with Gasteiger partial charge in [0.1, 0.15) is 5.00 Å². The summed E-state index contributed by atoms with van der Waals surface area (Å²) in [7, 11) is 0. The summed E-state index contributed by atoms with van der Waals surface area (Å²) in [5, 5.41) is 3.92. The van der Waals surface area contributed by atoms with E-state index in [0.717, 1.165) is 58.2 Å². The lowest BCUT2D eigenvalue weighted by molar-refractivity contribution is 0.102. The second-order valence-corrected chi connectivity index (χ2v) is 13.9. The van der Waals surface area contributed by atoms with E-state index in [0.29, 0.717) is 5.92 Å². The SMILES string of the molecule is Cc1ccc(-n2c(C)cc(C=Nc3sc4c(c3C(=O)Nc3ccccc3)CC[C@@H](C(C)(C)C)C4)c2C)cc1I. The van der Waals surface area contributed by atoms with Gasteiger partial charge in [-0.15, -0.1) is 11.3 Å². The maximum absolute atomic E-state index is 13.6. The van der Waals surface area contributed by atoms with Crippen molar-refractivity contribution < 1.29 is 4.79 Å². The van der Waals surface area contributed by atoms with E-state index >= 15 is 0 Å². The first kappa shape index (κ1) is 27.8. The molecule has 5 rings (SSSR count). The van der Waals surface area contributed by atoms with Crippen molar-refractivity contribution in [2.45, 2.75) is 60.8 Å². The Morgan fingerprint density at radius 3 is 2.54 bits per heavy atom. The topological polar surface area (TPSA) is 46.4 Å². The van der Waals surface area contributed by atoms with Gasteiger partial charge in [-0.3, -0.25) is 4.79 Å². The number of nitrogens with one attached hydrogen (secondary N) is 1. The molecular weight excluding hydrogens is 613 g/mol. The smallest absolute Gasteiger partial charge is 0.259 e. The molecule has 0 saturated heterocycles. The van der Waals surface area contributed by atoms with Crippen molar-refractivity contribution in [3.8, 4) is 5.69 Å². The highest BCUT2D eigenvalue weighted by atomic mass is 127. The van der Waals surface area contributed by atoms with Crippen LogP contribution in [0.1, 0.15) is 70.5 Å². The van der Waals surface area contributed by atoms with Crippen LogP contribution in [-0.2, 0) is 12.8 Å². The molecule has 0 saturated carbocycles. The zero-order valence-corrected chi connectivity index (χ0v) is 26.5. The molecule has 1 amide bonds. The minimum absolute atomic E-state index is 0.0697. The summed E-state index contributed by atoms with van der Waals surface area (Å²) in [6.07, 6.45) is 4.96. The lowest BCUT2D eigenvalue weighted by Crippen LogP contribution is -2.27. The predicted molar refractivity (Wildman–Crippen MR) is 174 cm³/mol. The third-order valence-electron chi connectivity index (χ3n) is 7.93. The van der Waals surface area contributed by atoms with Crippen LogP contribution in [0.2, 0.25) is 0 Å². The Labute approximate surface area is 249 Å². The molecule has 0 unspecified atom stereocenters. The van der Waals surface area contributed by atoms with Crippen molar-refractivity contribution in [1.29, 1.82) is 0 Å². The van der Waals surface area contributed by atoms with Gasteiger partial charge >= 0.3 is 0 Å². The van der Waals surface area contributed by atoms with Crippen LogP contribution >= 0.6 is 33.9 Å². The highest BCUT2D eigenvalue weighted by Gasteiger charge is 2.33. The van der Waals surface area contributed by atoms with Gasteiger partial charge in [-0.25, -0.2) is 4.99 Å². The number of halogens is 1. The number of amides is 1. The van der Waals surface area contributed by atoms with Gasteiger partial charge in [-0.2, -0.15) is 0 Å². The largest absolute Gasteiger partial charge is 0.322 e. The summed E-state index contributed by atoms with van der Waals surface area (Å²) < 4.78 is 3.53. The zero-order chi connectivity index (χ0) is 27.9. The van der Waals surface area contributed by atoms with Crippen molar-refractivity contribution >= 4 is 56.7 Å². The molecule has 2 aromatic carbocycles. The monoisotopic (exact) mass is 649 g/mol. The number of anilines is 1. The summed E-state index contributed by atoms with van der Waals surface area (Å²) in [6.45, 7) is 13.4. The van der Waals surface area contributed by atoms with Gasteiger partial charge in [-0.05, 0) is 115 Å². The number of benzene rings is 2. The fourth-order valence-corrected chi connectivity index (χ4v) is 7.28. The van der Waals surface area contributed by atoms with Crippen molar-refractivity contribution in [3.63, 3.8) is 0 Å². The lowest BCUT2D eigenvalue weighted by Gasteiger charge is -2.33. The minimum Gasteiger partial charge on any atom is -0.322 e. The second kappa shape index (κ2) is 11.0. The molecule has 1 aliphatic rings. The summed E-state index contributed by atoms with van der Waals surface area (Å²) in [5.41, 5.74) is 8.76. The maximum atomic E-state index is 13.6. The Morgan fingerprint density at radius 2 is 1.85 bits per heavy atom. The van der Waals surface area contributed by atoms with Gasteiger partial charge in [0.15, 0.2) is 0 Å². The molecule has 4 aromatic rings. The van der Waals surface area contributed by atoms with Crippen LogP contribution in [-0.4, -0.2) is 16.7 Å². The first-order chi connectivity index (χ1) is 18.5. The van der Waals surface area contributed by atoms with Crippen molar-refractivity contribution in [3.05, 3.63) is 96.7 Å². The molecule has 0 fully saturated rings. The number of carbonyl (C=O) groups excluding carboxylic acids is 1. The molecule has 1 atom stereocenters. The molecule has 0 bridgehead atoms. The molecule has 1 aliphatic carbocycles. The highest BCUT2D eigenvalue weighted by molar-refractivity contribution is 14.1. The average Bonchev–Trinajstić information content (AvgIpc) is 3.40. The molecule has 2 aromatic heterocycles. The Kier molecular flexibility index (Phi) is 7.89. The van der Waals surface area contributed by atoms with E-state index in [4.69, 9.17) is 4.99 Å². The number of aromatic nitrogens is 1. The van der Waals surface area contributed by atoms with Crippen LogP contribution in [0.4, 0.5) is 10.7 Å². The Morgan fingerprint density at radius 1 is 1.10 bits per heavy atom. The van der Waals surface area contributed by atoms with Crippen molar-refractivity contribution in [2.24, 2.45) is 16.3 Å². The van der Waals surface area contributed by atoms with Gasteiger partial charge in [0, 0.05) is 43.0 Å². The van der Waals surface area contributed by atoms with Crippen LogP contribution in [0.25, 0.3) is 5.69 Å². The molecule has 2 heterocycles. The van der Waals surface area contributed by atoms with Crippen LogP contribution in [0.3, 0.4) is 0 Å². The number of thiophene rings is 1. The molecule has 4 nitrogen and oxygen atoms in total. The van der Waals surface area contributed by atoms with E-state index in [9.17, 15) is 4.79 Å². The molecule has 0 aliphatic heterocycles. The van der Waals surface area contributed by atoms with Gasteiger partial charge in [0.05, 0.1) is 5.56 Å². The van der Waals surface area contributed by atoms with E-state index in [1.807, 2.05) is 36.5 Å². The maximum Gasteiger partial charge on any atom is 0.259 e. The lowest BCUT2D eigenvalue weighted by atomic mass is 9.72. The van der Waals surface area contributed by atoms with Crippen LogP contribution in [0.15, 0.2) is 59.6 Å². The molecule has 202 valence electrons. The predicted octanol–water partition coefficient (Wildman–Crippen LogP) is 9.22. The number of rotatable bonds is 5. The third-order valence-corrected chi connectivity index (χ3v) is 10.3. The molecule has 1 N–H and O–H groups in total. The summed E-state index contributed by atoms with van der Waals surface area (Å²) >= 11 is 4.09. The second-order valence-electron chi connectivity index (χ2n) is 11.7. The number of aliphatic imine (C=N–C) groups is 1. The number of nitrogens with zero attached hydrogens (tertiary/aromatic N) is 2. The number of para-hydroxylation sites is 1. The molecule has 39 heavy (non-hydrogen) atoms. The minimum atomic E-state index is -0.0697.